The topological polar surface area (TPSA) is 81.2 Å². The van der Waals surface area contributed by atoms with Crippen LogP contribution >= 0.6 is 0 Å². The zero-order chi connectivity index (χ0) is 17.2. The van der Waals surface area contributed by atoms with Crippen molar-refractivity contribution in [1.29, 1.82) is 0 Å². The van der Waals surface area contributed by atoms with Crippen LogP contribution in [0.2, 0.25) is 0 Å². The molecule has 1 aromatic heterocycles. The van der Waals surface area contributed by atoms with E-state index < -0.39 is 0 Å². The first-order valence-corrected chi connectivity index (χ1v) is 8.73. The van der Waals surface area contributed by atoms with Crippen molar-refractivity contribution < 1.29 is 9.21 Å². The van der Waals surface area contributed by atoms with E-state index in [4.69, 9.17) is 10.2 Å². The molecule has 3 N–H and O–H groups in total. The lowest BCUT2D eigenvalue weighted by molar-refractivity contribution is 0.0948. The monoisotopic (exact) mass is 329 g/mol. The van der Waals surface area contributed by atoms with Gasteiger partial charge in [-0.1, -0.05) is 62.9 Å². The lowest BCUT2D eigenvalue weighted by Crippen LogP contribution is -2.25. The number of carbonyl (C=O) groups excluding carboxylic acids is 1. The van der Waals surface area contributed by atoms with Gasteiger partial charge in [0.2, 0.25) is 5.89 Å². The Morgan fingerprint density at radius 3 is 2.71 bits per heavy atom. The molecule has 0 fully saturated rings. The third kappa shape index (κ3) is 5.81. The van der Waals surface area contributed by atoms with Gasteiger partial charge in [0.05, 0.1) is 6.04 Å². The minimum absolute atomic E-state index is 0.201. The Hall–Kier alpha value is -2.14. The van der Waals surface area contributed by atoms with E-state index in [2.05, 4.69) is 17.2 Å². The second kappa shape index (κ2) is 9.88. The van der Waals surface area contributed by atoms with Crippen molar-refractivity contribution in [3.8, 4) is 0 Å². The van der Waals surface area contributed by atoms with E-state index in [1.807, 2.05) is 30.3 Å². The summed E-state index contributed by atoms with van der Waals surface area (Å²) in [7, 11) is 0. The number of amides is 1. The molecule has 1 atom stereocenters. The average molecular weight is 329 g/mol. The third-order valence-electron chi connectivity index (χ3n) is 3.94. The molecule has 24 heavy (non-hydrogen) atoms. The molecule has 5 heteroatoms. The van der Waals surface area contributed by atoms with Gasteiger partial charge in [0.1, 0.15) is 6.26 Å². The van der Waals surface area contributed by atoms with Gasteiger partial charge in [-0.3, -0.25) is 4.79 Å². The summed E-state index contributed by atoms with van der Waals surface area (Å²) in [5.74, 6) is 0.194. The Morgan fingerprint density at radius 2 is 1.96 bits per heavy atom. The number of aromatic nitrogens is 1. The maximum Gasteiger partial charge on any atom is 0.273 e. The van der Waals surface area contributed by atoms with E-state index in [1.165, 1.54) is 25.5 Å². The van der Waals surface area contributed by atoms with Crippen LogP contribution in [0.4, 0.5) is 0 Å². The predicted molar refractivity (Wildman–Crippen MR) is 94.7 cm³/mol. The molecular weight excluding hydrogens is 302 g/mol. The summed E-state index contributed by atoms with van der Waals surface area (Å²) in [5.41, 5.74) is 7.53. The molecule has 0 radical (unpaired) electrons. The Bertz CT molecular complexity index is 610. The summed E-state index contributed by atoms with van der Waals surface area (Å²) < 4.78 is 5.38. The van der Waals surface area contributed by atoms with Gasteiger partial charge >= 0.3 is 0 Å². The lowest BCUT2D eigenvalue weighted by atomic mass is 10.1. The summed E-state index contributed by atoms with van der Waals surface area (Å²) >= 11 is 0. The normalized spacial score (nSPS) is 12.1. The fourth-order valence-electron chi connectivity index (χ4n) is 2.54. The summed E-state index contributed by atoms with van der Waals surface area (Å²) in [6, 6.07) is 9.56. The molecule has 0 saturated carbocycles. The van der Waals surface area contributed by atoms with Crippen LogP contribution in [0, 0.1) is 0 Å². The largest absolute Gasteiger partial charge is 0.446 e. The van der Waals surface area contributed by atoms with Crippen LogP contribution in [-0.4, -0.2) is 17.4 Å². The van der Waals surface area contributed by atoms with Crippen molar-refractivity contribution >= 4 is 5.91 Å². The van der Waals surface area contributed by atoms with Gasteiger partial charge in [0.15, 0.2) is 5.69 Å². The number of hydrogen-bond donors (Lipinski definition) is 2. The van der Waals surface area contributed by atoms with E-state index in [-0.39, 0.29) is 11.9 Å². The van der Waals surface area contributed by atoms with Crippen LogP contribution < -0.4 is 11.1 Å². The Morgan fingerprint density at radius 1 is 1.21 bits per heavy atom. The molecule has 1 aromatic carbocycles. The molecule has 130 valence electrons. The van der Waals surface area contributed by atoms with Gasteiger partial charge in [-0.15, -0.1) is 0 Å². The number of benzene rings is 1. The van der Waals surface area contributed by atoms with E-state index in [1.54, 1.807) is 0 Å². The van der Waals surface area contributed by atoms with Crippen molar-refractivity contribution in [3.63, 3.8) is 0 Å². The van der Waals surface area contributed by atoms with E-state index in [0.29, 0.717) is 24.6 Å². The molecule has 5 nitrogen and oxygen atoms in total. The Labute approximate surface area is 143 Å². The maximum absolute atomic E-state index is 12.1. The second-order valence-corrected chi connectivity index (χ2v) is 6.04. The fraction of sp³-hybridized carbons (Fsp3) is 0.474. The van der Waals surface area contributed by atoms with Crippen LogP contribution in [0.15, 0.2) is 41.0 Å². The number of oxazole rings is 1. The van der Waals surface area contributed by atoms with E-state index in [0.717, 1.165) is 18.4 Å². The summed E-state index contributed by atoms with van der Waals surface area (Å²) in [4.78, 5) is 16.3. The van der Waals surface area contributed by atoms with Crippen LogP contribution in [0.5, 0.6) is 0 Å². The number of nitrogens with one attached hydrogen (secondary N) is 1. The molecule has 2 aromatic rings. The quantitative estimate of drug-likeness (QED) is 0.652. The lowest BCUT2D eigenvalue weighted by Gasteiger charge is -2.07. The van der Waals surface area contributed by atoms with E-state index in [9.17, 15) is 4.79 Å². The standard InChI is InChI=1S/C19H27N3O2/c1-2-3-4-5-9-12-21-18(23)17-14-24-19(22-17)16(20)13-15-10-7-6-8-11-15/h6-8,10-11,14,16H,2-5,9,12-13,20H2,1H3,(H,21,23). The number of nitrogens with zero attached hydrogens (tertiary/aromatic N) is 1. The maximum atomic E-state index is 12.1. The van der Waals surface area contributed by atoms with Gasteiger partial charge in [0, 0.05) is 6.54 Å². The first kappa shape index (κ1) is 18.2. The first-order chi connectivity index (χ1) is 11.7. The molecular formula is C19H27N3O2. The molecule has 1 heterocycles. The van der Waals surface area contributed by atoms with Crippen LogP contribution in [-0.2, 0) is 6.42 Å². The van der Waals surface area contributed by atoms with Gasteiger partial charge in [-0.05, 0) is 18.4 Å². The average Bonchev–Trinajstić information content (AvgIpc) is 3.09. The fourth-order valence-corrected chi connectivity index (χ4v) is 2.54. The Kier molecular flexibility index (Phi) is 7.49. The van der Waals surface area contributed by atoms with E-state index >= 15 is 0 Å². The summed E-state index contributed by atoms with van der Waals surface area (Å²) in [6.45, 7) is 2.85. The molecule has 0 aliphatic rings. The molecule has 0 bridgehead atoms. The molecule has 1 amide bonds. The third-order valence-corrected chi connectivity index (χ3v) is 3.94. The van der Waals surface area contributed by atoms with Crippen molar-refractivity contribution in [2.75, 3.05) is 6.54 Å². The number of nitrogens with two attached hydrogens (primary N) is 1. The van der Waals surface area contributed by atoms with Gasteiger partial charge < -0.3 is 15.5 Å². The summed E-state index contributed by atoms with van der Waals surface area (Å²) in [6.07, 6.45) is 7.82. The SMILES string of the molecule is CCCCCCCNC(=O)c1coc(C(N)Cc2ccccc2)n1. The van der Waals surface area contributed by atoms with Crippen molar-refractivity contribution in [1.82, 2.24) is 10.3 Å². The first-order valence-electron chi connectivity index (χ1n) is 8.73. The van der Waals surface area contributed by atoms with Crippen molar-refractivity contribution in [2.45, 2.75) is 51.5 Å². The highest BCUT2D eigenvalue weighted by Crippen LogP contribution is 2.15. The second-order valence-electron chi connectivity index (χ2n) is 6.04. The van der Waals surface area contributed by atoms with Crippen molar-refractivity contribution in [2.24, 2.45) is 5.73 Å². The zero-order valence-corrected chi connectivity index (χ0v) is 14.3. The van der Waals surface area contributed by atoms with Gasteiger partial charge in [-0.2, -0.15) is 0 Å². The molecule has 0 saturated heterocycles. The highest BCUT2D eigenvalue weighted by Gasteiger charge is 2.17. The van der Waals surface area contributed by atoms with Gasteiger partial charge in [-0.25, -0.2) is 4.98 Å². The molecule has 0 aliphatic heterocycles. The summed E-state index contributed by atoms with van der Waals surface area (Å²) in [5, 5.41) is 2.88. The number of carbonyl (C=O) groups is 1. The molecule has 0 aliphatic carbocycles. The smallest absolute Gasteiger partial charge is 0.273 e. The van der Waals surface area contributed by atoms with Crippen molar-refractivity contribution in [3.05, 3.63) is 53.7 Å². The number of rotatable bonds is 10. The predicted octanol–water partition coefficient (Wildman–Crippen LogP) is 3.62. The van der Waals surface area contributed by atoms with Crippen LogP contribution in [0.25, 0.3) is 0 Å². The highest BCUT2D eigenvalue weighted by atomic mass is 16.3. The highest BCUT2D eigenvalue weighted by molar-refractivity contribution is 5.91. The molecule has 1 unspecified atom stereocenters. The zero-order valence-electron chi connectivity index (χ0n) is 14.3. The molecule has 2 rings (SSSR count). The van der Waals surface area contributed by atoms with Crippen LogP contribution in [0.3, 0.4) is 0 Å². The Balaban J connectivity index is 1.78. The number of hydrogen-bond acceptors (Lipinski definition) is 4. The molecule has 0 spiro atoms. The number of unbranched alkanes of at least 4 members (excludes halogenated alkanes) is 4. The minimum Gasteiger partial charge on any atom is -0.446 e. The minimum atomic E-state index is -0.358. The van der Waals surface area contributed by atoms with Crippen LogP contribution in [0.1, 0.15) is 67.0 Å². The van der Waals surface area contributed by atoms with Gasteiger partial charge in [0.25, 0.3) is 5.91 Å².